The molecule has 106 valence electrons. The first-order valence-electron chi connectivity index (χ1n) is 5.86. The van der Waals surface area contributed by atoms with Crippen molar-refractivity contribution in [3.63, 3.8) is 0 Å². The number of benzene rings is 1. The van der Waals surface area contributed by atoms with Crippen LogP contribution >= 0.6 is 23.1 Å². The van der Waals surface area contributed by atoms with Gasteiger partial charge in [-0.2, -0.15) is 0 Å². The molecule has 0 aliphatic carbocycles. The van der Waals surface area contributed by atoms with Crippen LogP contribution in [0.2, 0.25) is 0 Å². The average Bonchev–Trinajstić information content (AvgIpc) is 2.89. The molecule has 0 bridgehead atoms. The van der Waals surface area contributed by atoms with E-state index in [9.17, 15) is 4.79 Å². The molecule has 0 spiro atoms. The quantitative estimate of drug-likeness (QED) is 0.277. The summed E-state index contributed by atoms with van der Waals surface area (Å²) in [7, 11) is 0. The van der Waals surface area contributed by atoms with Crippen LogP contribution in [0.3, 0.4) is 0 Å². The van der Waals surface area contributed by atoms with Gasteiger partial charge in [-0.05, 0) is 31.2 Å². The smallest absolute Gasteiger partial charge is 0.265 e. The minimum atomic E-state index is -0.321. The van der Waals surface area contributed by atoms with Crippen molar-refractivity contribution in [2.45, 2.75) is 11.3 Å². The van der Waals surface area contributed by atoms with Gasteiger partial charge < -0.3 is 4.74 Å². The predicted molar refractivity (Wildman–Crippen MR) is 79.0 cm³/mol. The summed E-state index contributed by atoms with van der Waals surface area (Å²) >= 11 is 3.18. The molecule has 0 radical (unpaired) electrons. The van der Waals surface area contributed by atoms with Crippen LogP contribution in [-0.4, -0.2) is 28.5 Å². The summed E-state index contributed by atoms with van der Waals surface area (Å²) in [6, 6.07) is 6.81. The highest BCUT2D eigenvalue weighted by molar-refractivity contribution is 8.01. The van der Waals surface area contributed by atoms with E-state index in [1.165, 1.54) is 0 Å². The number of hydrogen-bond acceptors (Lipinski definition) is 7. The Balaban J connectivity index is 1.75. The van der Waals surface area contributed by atoms with Gasteiger partial charge in [-0.25, -0.2) is 5.84 Å². The van der Waals surface area contributed by atoms with Crippen molar-refractivity contribution in [2.75, 3.05) is 12.4 Å². The minimum Gasteiger partial charge on any atom is -0.493 e. The lowest BCUT2D eigenvalue weighted by Crippen LogP contribution is -2.29. The third kappa shape index (κ3) is 4.19. The lowest BCUT2D eigenvalue weighted by Gasteiger charge is -2.06. The SMILES string of the molecule is Cc1nnc(SCCOc2ccc(C(=O)NN)cc2)s1. The van der Waals surface area contributed by atoms with Crippen LogP contribution in [0.15, 0.2) is 28.6 Å². The number of hydrazine groups is 1. The summed E-state index contributed by atoms with van der Waals surface area (Å²) in [6.07, 6.45) is 0. The molecule has 0 saturated heterocycles. The van der Waals surface area contributed by atoms with Gasteiger partial charge in [0.25, 0.3) is 5.91 Å². The fourth-order valence-electron chi connectivity index (χ4n) is 1.41. The van der Waals surface area contributed by atoms with Crippen LogP contribution in [0.5, 0.6) is 5.75 Å². The molecule has 2 rings (SSSR count). The number of nitrogens with one attached hydrogen (secondary N) is 1. The number of nitrogens with two attached hydrogens (primary N) is 1. The summed E-state index contributed by atoms with van der Waals surface area (Å²) < 4.78 is 6.52. The highest BCUT2D eigenvalue weighted by atomic mass is 32.2. The van der Waals surface area contributed by atoms with Crippen LogP contribution in [0.4, 0.5) is 0 Å². The Labute approximate surface area is 124 Å². The van der Waals surface area contributed by atoms with Crippen molar-refractivity contribution in [1.82, 2.24) is 15.6 Å². The normalized spacial score (nSPS) is 10.3. The van der Waals surface area contributed by atoms with Crippen molar-refractivity contribution in [3.8, 4) is 5.75 Å². The molecular weight excluding hydrogens is 296 g/mol. The van der Waals surface area contributed by atoms with E-state index in [2.05, 4.69) is 15.6 Å². The van der Waals surface area contributed by atoms with E-state index >= 15 is 0 Å². The summed E-state index contributed by atoms with van der Waals surface area (Å²) in [5.74, 6) is 6.24. The molecule has 1 heterocycles. The van der Waals surface area contributed by atoms with Gasteiger partial charge in [-0.15, -0.1) is 10.2 Å². The van der Waals surface area contributed by atoms with Gasteiger partial charge in [0.1, 0.15) is 10.8 Å². The Kier molecular flexibility index (Phi) is 5.33. The van der Waals surface area contributed by atoms with Crippen LogP contribution in [0, 0.1) is 6.92 Å². The van der Waals surface area contributed by atoms with Crippen molar-refractivity contribution >= 4 is 29.0 Å². The van der Waals surface area contributed by atoms with Gasteiger partial charge in [-0.3, -0.25) is 10.2 Å². The number of nitrogen functional groups attached to an aromatic ring is 1. The lowest BCUT2D eigenvalue weighted by molar-refractivity contribution is 0.0953. The number of aromatic nitrogens is 2. The number of thioether (sulfide) groups is 1. The second-order valence-corrected chi connectivity index (χ2v) is 6.31. The zero-order valence-corrected chi connectivity index (χ0v) is 12.5. The van der Waals surface area contributed by atoms with Gasteiger partial charge >= 0.3 is 0 Å². The van der Waals surface area contributed by atoms with Crippen LogP contribution < -0.4 is 16.0 Å². The summed E-state index contributed by atoms with van der Waals surface area (Å²) in [6.45, 7) is 2.49. The highest BCUT2D eigenvalue weighted by Crippen LogP contribution is 2.21. The van der Waals surface area contributed by atoms with Gasteiger partial charge in [0, 0.05) is 11.3 Å². The molecule has 0 atom stereocenters. The zero-order valence-electron chi connectivity index (χ0n) is 10.8. The number of amides is 1. The zero-order chi connectivity index (χ0) is 14.4. The lowest BCUT2D eigenvalue weighted by atomic mass is 10.2. The van der Waals surface area contributed by atoms with E-state index in [0.29, 0.717) is 17.9 Å². The third-order valence-corrected chi connectivity index (χ3v) is 4.27. The Morgan fingerprint density at radius 2 is 2.15 bits per heavy atom. The monoisotopic (exact) mass is 310 g/mol. The number of hydrogen-bond donors (Lipinski definition) is 2. The van der Waals surface area contributed by atoms with E-state index < -0.39 is 0 Å². The van der Waals surface area contributed by atoms with Crippen LogP contribution in [-0.2, 0) is 0 Å². The van der Waals surface area contributed by atoms with E-state index in [1.807, 2.05) is 6.92 Å². The maximum absolute atomic E-state index is 11.3. The molecule has 0 unspecified atom stereocenters. The topological polar surface area (TPSA) is 90.1 Å². The summed E-state index contributed by atoms with van der Waals surface area (Å²) in [5.41, 5.74) is 2.58. The van der Waals surface area contributed by atoms with Crippen molar-refractivity contribution < 1.29 is 9.53 Å². The maximum atomic E-state index is 11.3. The standard InChI is InChI=1S/C12H14N4O2S2/c1-8-15-16-12(20-8)19-7-6-18-10-4-2-9(3-5-10)11(17)14-13/h2-5H,6-7,13H2,1H3,(H,14,17). The minimum absolute atomic E-state index is 0.321. The molecule has 8 heteroatoms. The fraction of sp³-hybridized carbons (Fsp3) is 0.250. The first-order valence-corrected chi connectivity index (χ1v) is 7.66. The molecule has 0 saturated carbocycles. The molecule has 1 aromatic heterocycles. The Morgan fingerprint density at radius 3 is 2.75 bits per heavy atom. The number of ether oxygens (including phenoxy) is 1. The van der Waals surface area contributed by atoms with Gasteiger partial charge in [0.05, 0.1) is 6.61 Å². The Bertz CT molecular complexity index is 571. The molecule has 0 aliphatic rings. The first kappa shape index (κ1) is 14.8. The molecular formula is C12H14N4O2S2. The summed E-state index contributed by atoms with van der Waals surface area (Å²) in [5, 5.41) is 8.93. The van der Waals surface area contributed by atoms with Gasteiger partial charge in [-0.1, -0.05) is 23.1 Å². The number of carbonyl (C=O) groups is 1. The molecule has 6 nitrogen and oxygen atoms in total. The highest BCUT2D eigenvalue weighted by Gasteiger charge is 2.04. The molecule has 3 N–H and O–H groups in total. The number of nitrogens with zero attached hydrogens (tertiary/aromatic N) is 2. The largest absolute Gasteiger partial charge is 0.493 e. The van der Waals surface area contributed by atoms with Crippen molar-refractivity contribution in [1.29, 1.82) is 0 Å². The number of carbonyl (C=O) groups excluding carboxylic acids is 1. The molecule has 2 aromatic rings. The number of rotatable bonds is 6. The predicted octanol–water partition coefficient (Wildman–Crippen LogP) is 1.62. The molecule has 20 heavy (non-hydrogen) atoms. The van der Waals surface area contributed by atoms with Gasteiger partial charge in [0.15, 0.2) is 4.34 Å². The van der Waals surface area contributed by atoms with Gasteiger partial charge in [0.2, 0.25) is 0 Å². The van der Waals surface area contributed by atoms with E-state index in [-0.39, 0.29) is 5.91 Å². The fourth-order valence-corrected chi connectivity index (χ4v) is 3.11. The molecule has 1 amide bonds. The molecule has 0 fully saturated rings. The van der Waals surface area contributed by atoms with Crippen molar-refractivity contribution in [3.05, 3.63) is 34.8 Å². The maximum Gasteiger partial charge on any atom is 0.265 e. The third-order valence-electron chi connectivity index (χ3n) is 2.33. The van der Waals surface area contributed by atoms with E-state index in [4.69, 9.17) is 10.6 Å². The van der Waals surface area contributed by atoms with Crippen LogP contribution in [0.25, 0.3) is 0 Å². The second-order valence-electron chi connectivity index (χ2n) is 3.78. The first-order chi connectivity index (χ1) is 9.69. The Morgan fingerprint density at radius 1 is 1.40 bits per heavy atom. The van der Waals surface area contributed by atoms with E-state index in [0.717, 1.165) is 15.1 Å². The summed E-state index contributed by atoms with van der Waals surface area (Å²) in [4.78, 5) is 11.3. The molecule has 0 aliphatic heterocycles. The molecule has 1 aromatic carbocycles. The van der Waals surface area contributed by atoms with Crippen molar-refractivity contribution in [2.24, 2.45) is 5.84 Å². The van der Waals surface area contributed by atoms with Crippen LogP contribution in [0.1, 0.15) is 15.4 Å². The second kappa shape index (κ2) is 7.22. The Hall–Kier alpha value is -1.64. The van der Waals surface area contributed by atoms with E-state index in [1.54, 1.807) is 47.4 Å². The average molecular weight is 310 g/mol. The number of aryl methyl sites for hydroxylation is 1.